The lowest BCUT2D eigenvalue weighted by molar-refractivity contribution is -0.154. The summed E-state index contributed by atoms with van der Waals surface area (Å²) in [6.45, 7) is 6.07. The number of carbonyl (C=O) groups is 1. The molecular formula is C19H22O5. The highest BCUT2D eigenvalue weighted by Gasteiger charge is 2.18. The van der Waals surface area contributed by atoms with Crippen LogP contribution in [0.3, 0.4) is 0 Å². The Morgan fingerprint density at radius 3 is 2.33 bits per heavy atom. The molecule has 1 unspecified atom stereocenters. The lowest BCUT2D eigenvalue weighted by Crippen LogP contribution is -2.25. The zero-order valence-electron chi connectivity index (χ0n) is 14.0. The number of rotatable bonds is 5. The predicted molar refractivity (Wildman–Crippen MR) is 89.9 cm³/mol. The topological polar surface area (TPSA) is 87.0 Å². The Bertz CT molecular complexity index is 752. The third-order valence-electron chi connectivity index (χ3n) is 4.06. The maximum absolute atomic E-state index is 12.0. The molecule has 0 heterocycles. The number of phenolic OH excluding ortho intramolecular Hbond substituents is 2. The number of benzene rings is 2. The molecule has 1 atom stereocenters. The second-order valence-corrected chi connectivity index (χ2v) is 6.01. The number of aliphatic hydroxyl groups excluding tert-OH is 1. The highest BCUT2D eigenvalue weighted by molar-refractivity contribution is 5.74. The van der Waals surface area contributed by atoms with Crippen molar-refractivity contribution in [3.05, 3.63) is 58.1 Å². The van der Waals surface area contributed by atoms with Gasteiger partial charge < -0.3 is 20.1 Å². The second-order valence-electron chi connectivity index (χ2n) is 6.01. The lowest BCUT2D eigenvalue weighted by Gasteiger charge is -2.13. The van der Waals surface area contributed by atoms with Gasteiger partial charge in [-0.1, -0.05) is 18.2 Å². The number of ether oxygens (including phenoxy) is 1. The SMILES string of the molecule is Cc1cc(C)c(COC(=O)C(O)Cc2ccc(O)c(O)c2)cc1C. The third kappa shape index (κ3) is 4.26. The Balaban J connectivity index is 1.96. The minimum Gasteiger partial charge on any atom is -0.504 e. The Labute approximate surface area is 141 Å². The van der Waals surface area contributed by atoms with E-state index in [1.165, 1.54) is 23.8 Å². The van der Waals surface area contributed by atoms with Crippen LogP contribution in [0.5, 0.6) is 11.5 Å². The summed E-state index contributed by atoms with van der Waals surface area (Å²) in [5.41, 5.74) is 4.75. The molecule has 0 saturated carbocycles. The van der Waals surface area contributed by atoms with E-state index < -0.39 is 12.1 Å². The van der Waals surface area contributed by atoms with Gasteiger partial charge in [0.05, 0.1) is 0 Å². The molecule has 24 heavy (non-hydrogen) atoms. The Kier molecular flexibility index (Phi) is 5.46. The number of aromatic hydroxyl groups is 2. The Morgan fingerprint density at radius 2 is 1.67 bits per heavy atom. The summed E-state index contributed by atoms with van der Waals surface area (Å²) in [4.78, 5) is 12.0. The molecule has 0 amide bonds. The van der Waals surface area contributed by atoms with Gasteiger partial charge in [0, 0.05) is 6.42 Å². The fourth-order valence-electron chi connectivity index (χ4n) is 2.42. The molecule has 0 saturated heterocycles. The predicted octanol–water partition coefficient (Wildman–Crippen LogP) is 2.67. The number of aliphatic hydroxyl groups is 1. The van der Waals surface area contributed by atoms with Gasteiger partial charge in [0.15, 0.2) is 17.6 Å². The van der Waals surface area contributed by atoms with E-state index >= 15 is 0 Å². The summed E-state index contributed by atoms with van der Waals surface area (Å²) >= 11 is 0. The highest BCUT2D eigenvalue weighted by Crippen LogP contribution is 2.25. The first-order valence-corrected chi connectivity index (χ1v) is 7.70. The number of aryl methyl sites for hydroxylation is 3. The van der Waals surface area contributed by atoms with E-state index in [4.69, 9.17) is 4.74 Å². The first-order valence-electron chi connectivity index (χ1n) is 7.70. The zero-order chi connectivity index (χ0) is 17.9. The van der Waals surface area contributed by atoms with Crippen LogP contribution in [0.1, 0.15) is 27.8 Å². The molecule has 0 radical (unpaired) electrons. The van der Waals surface area contributed by atoms with Crippen molar-refractivity contribution in [2.75, 3.05) is 0 Å². The monoisotopic (exact) mass is 330 g/mol. The smallest absolute Gasteiger partial charge is 0.335 e. The number of hydrogen-bond donors (Lipinski definition) is 3. The molecule has 5 nitrogen and oxygen atoms in total. The third-order valence-corrected chi connectivity index (χ3v) is 4.06. The second kappa shape index (κ2) is 7.36. The van der Waals surface area contributed by atoms with Crippen LogP contribution >= 0.6 is 0 Å². The van der Waals surface area contributed by atoms with E-state index in [0.717, 1.165) is 16.7 Å². The van der Waals surface area contributed by atoms with Gasteiger partial charge >= 0.3 is 5.97 Å². The molecule has 128 valence electrons. The normalized spacial score (nSPS) is 12.0. The molecule has 0 fully saturated rings. The summed E-state index contributed by atoms with van der Waals surface area (Å²) in [7, 11) is 0. The van der Waals surface area contributed by atoms with Crippen LogP contribution in [0, 0.1) is 20.8 Å². The summed E-state index contributed by atoms with van der Waals surface area (Å²) in [6.07, 6.45) is -1.33. The average Bonchev–Trinajstić information content (AvgIpc) is 2.52. The van der Waals surface area contributed by atoms with Crippen LogP contribution in [0.25, 0.3) is 0 Å². The van der Waals surface area contributed by atoms with Crippen molar-refractivity contribution in [2.45, 2.75) is 39.9 Å². The molecule has 0 aliphatic heterocycles. The maximum Gasteiger partial charge on any atom is 0.335 e. The molecule has 0 bridgehead atoms. The van der Waals surface area contributed by atoms with Crippen LogP contribution in [0.15, 0.2) is 30.3 Å². The number of carbonyl (C=O) groups excluding carboxylic acids is 1. The summed E-state index contributed by atoms with van der Waals surface area (Å²) in [5.74, 6) is -1.26. The minimum atomic E-state index is -1.33. The number of phenols is 2. The fraction of sp³-hybridized carbons (Fsp3) is 0.316. The molecule has 2 aromatic carbocycles. The first-order chi connectivity index (χ1) is 11.3. The Hall–Kier alpha value is -2.53. The molecule has 0 aromatic heterocycles. The molecule has 2 aromatic rings. The van der Waals surface area contributed by atoms with Gasteiger partial charge in [-0.15, -0.1) is 0 Å². The molecule has 2 rings (SSSR count). The average molecular weight is 330 g/mol. The van der Waals surface area contributed by atoms with Crippen molar-refractivity contribution < 1.29 is 24.9 Å². The van der Waals surface area contributed by atoms with Gasteiger partial charge in [-0.25, -0.2) is 4.79 Å². The molecule has 0 aliphatic rings. The van der Waals surface area contributed by atoms with Gasteiger partial charge in [-0.05, 0) is 60.7 Å². The van der Waals surface area contributed by atoms with Crippen molar-refractivity contribution in [1.29, 1.82) is 0 Å². The quantitative estimate of drug-likeness (QED) is 0.579. The lowest BCUT2D eigenvalue weighted by atomic mass is 10.0. The van der Waals surface area contributed by atoms with Crippen LogP contribution in [-0.2, 0) is 22.6 Å². The first kappa shape index (κ1) is 17.8. The summed E-state index contributed by atoms with van der Waals surface area (Å²) < 4.78 is 5.19. The van der Waals surface area contributed by atoms with E-state index in [1.54, 1.807) is 0 Å². The van der Waals surface area contributed by atoms with Gasteiger partial charge in [-0.3, -0.25) is 0 Å². The van der Waals surface area contributed by atoms with Crippen LogP contribution in [-0.4, -0.2) is 27.4 Å². The summed E-state index contributed by atoms with van der Waals surface area (Å²) in [5, 5.41) is 28.7. The molecule has 3 N–H and O–H groups in total. The summed E-state index contributed by atoms with van der Waals surface area (Å²) in [6, 6.07) is 8.15. The highest BCUT2D eigenvalue weighted by atomic mass is 16.5. The standard InChI is InChI=1S/C19H22O5/c1-11-6-13(3)15(7-12(11)2)10-24-19(23)18(22)9-14-4-5-16(20)17(21)8-14/h4-8,18,20-22H,9-10H2,1-3H3. The van der Waals surface area contributed by atoms with E-state index in [1.807, 2.05) is 32.9 Å². The Morgan fingerprint density at radius 1 is 1.00 bits per heavy atom. The van der Waals surface area contributed by atoms with Gasteiger partial charge in [0.1, 0.15) is 6.61 Å². The van der Waals surface area contributed by atoms with E-state index in [0.29, 0.717) is 5.56 Å². The van der Waals surface area contributed by atoms with Gasteiger partial charge in [0.2, 0.25) is 0 Å². The van der Waals surface area contributed by atoms with E-state index in [9.17, 15) is 20.1 Å². The van der Waals surface area contributed by atoms with Crippen molar-refractivity contribution in [3.63, 3.8) is 0 Å². The van der Waals surface area contributed by atoms with Crippen molar-refractivity contribution in [1.82, 2.24) is 0 Å². The molecule has 5 heteroatoms. The van der Waals surface area contributed by atoms with Crippen LogP contribution < -0.4 is 0 Å². The van der Waals surface area contributed by atoms with Crippen molar-refractivity contribution in [2.24, 2.45) is 0 Å². The van der Waals surface area contributed by atoms with Gasteiger partial charge in [0.25, 0.3) is 0 Å². The van der Waals surface area contributed by atoms with E-state index in [2.05, 4.69) is 0 Å². The maximum atomic E-state index is 12.0. The molecule has 0 spiro atoms. The van der Waals surface area contributed by atoms with Crippen LogP contribution in [0.4, 0.5) is 0 Å². The van der Waals surface area contributed by atoms with Crippen LogP contribution in [0.2, 0.25) is 0 Å². The largest absolute Gasteiger partial charge is 0.504 e. The number of hydrogen-bond acceptors (Lipinski definition) is 5. The van der Waals surface area contributed by atoms with Crippen molar-refractivity contribution in [3.8, 4) is 11.5 Å². The fourth-order valence-corrected chi connectivity index (χ4v) is 2.42. The molecular weight excluding hydrogens is 308 g/mol. The zero-order valence-corrected chi connectivity index (χ0v) is 14.0. The van der Waals surface area contributed by atoms with Gasteiger partial charge in [-0.2, -0.15) is 0 Å². The van der Waals surface area contributed by atoms with E-state index in [-0.39, 0.29) is 24.5 Å². The van der Waals surface area contributed by atoms with Crippen molar-refractivity contribution >= 4 is 5.97 Å². The number of esters is 1. The molecule has 0 aliphatic carbocycles. The minimum absolute atomic E-state index is 0.00141.